The highest BCUT2D eigenvalue weighted by Gasteiger charge is 2.19. The largest absolute Gasteiger partial charge is 0.398 e. The van der Waals surface area contributed by atoms with Crippen LogP contribution >= 0.6 is 23.2 Å². The third kappa shape index (κ3) is 10.3. The van der Waals surface area contributed by atoms with Gasteiger partial charge in [-0.25, -0.2) is 0 Å². The third-order valence-corrected chi connectivity index (χ3v) is 8.79. The lowest BCUT2D eigenvalue weighted by atomic mass is 9.89. The third-order valence-electron chi connectivity index (χ3n) is 8.32. The predicted molar refractivity (Wildman–Crippen MR) is 180 cm³/mol. The molecule has 0 saturated heterocycles. The number of nitrogens with two attached hydrogens (primary N) is 1. The van der Waals surface area contributed by atoms with Gasteiger partial charge in [0.15, 0.2) is 0 Å². The van der Waals surface area contributed by atoms with Crippen molar-refractivity contribution in [3.05, 3.63) is 93.5 Å². The number of carbonyl (C=O) groups is 3. The number of benzene rings is 3. The van der Waals surface area contributed by atoms with Gasteiger partial charge in [-0.05, 0) is 86.1 Å². The fourth-order valence-electron chi connectivity index (χ4n) is 5.77. The Bertz CT molecular complexity index is 1400. The van der Waals surface area contributed by atoms with Crippen LogP contribution in [0.3, 0.4) is 0 Å². The molecule has 0 heterocycles. The molecule has 9 heteroatoms. The summed E-state index contributed by atoms with van der Waals surface area (Å²) < 4.78 is 0. The maximum absolute atomic E-state index is 12.7. The molecule has 2 fully saturated rings. The Labute approximate surface area is 270 Å². The monoisotopic (exact) mass is 636 g/mol. The van der Waals surface area contributed by atoms with Crippen molar-refractivity contribution >= 4 is 52.3 Å². The van der Waals surface area contributed by atoms with E-state index < -0.39 is 0 Å². The summed E-state index contributed by atoms with van der Waals surface area (Å²) in [6.07, 6.45) is 12.4. The van der Waals surface area contributed by atoms with Crippen molar-refractivity contribution < 1.29 is 14.4 Å². The van der Waals surface area contributed by atoms with Crippen LogP contribution in [-0.4, -0.2) is 30.8 Å². The standard InChI is InChI=1S/C21H23ClN2O2.C14H19ClN2O/c22-17-11-12-19(24-20(25)16-9-5-2-6-10-16)18(13-17)21(26)23-14-15-7-3-1-4-8-15;15-11-6-7-13(16)12(8-11)14(18)17-9-10-4-2-1-3-5-10/h2,5-6,9-13,15H,1,3-4,7-8,14H2,(H,23,26)(H,24,25);6-8,10H,1-5,9,16H2,(H,17,18). The molecule has 3 aromatic carbocycles. The Morgan fingerprint density at radius 1 is 0.636 bits per heavy atom. The molecule has 0 aromatic heterocycles. The lowest BCUT2D eigenvalue weighted by Gasteiger charge is -2.22. The van der Waals surface area contributed by atoms with Gasteiger partial charge in [-0.1, -0.05) is 79.9 Å². The van der Waals surface area contributed by atoms with Gasteiger partial charge in [0.1, 0.15) is 0 Å². The van der Waals surface area contributed by atoms with Crippen molar-refractivity contribution in [3.63, 3.8) is 0 Å². The van der Waals surface area contributed by atoms with Crippen LogP contribution in [0.15, 0.2) is 66.7 Å². The SMILES string of the molecule is Nc1ccc(Cl)cc1C(=O)NCC1CCCCC1.O=C(Nc1ccc(Cl)cc1C(=O)NCC1CCCCC1)c1ccccc1. The van der Waals surface area contributed by atoms with Gasteiger partial charge >= 0.3 is 0 Å². The van der Waals surface area contributed by atoms with Crippen LogP contribution < -0.4 is 21.7 Å². The molecule has 0 unspecified atom stereocenters. The van der Waals surface area contributed by atoms with E-state index in [2.05, 4.69) is 16.0 Å². The fraction of sp³-hybridized carbons (Fsp3) is 0.400. The van der Waals surface area contributed by atoms with E-state index in [4.69, 9.17) is 28.9 Å². The molecule has 44 heavy (non-hydrogen) atoms. The van der Waals surface area contributed by atoms with E-state index in [1.807, 2.05) is 6.07 Å². The summed E-state index contributed by atoms with van der Waals surface area (Å²) in [5.41, 5.74) is 8.11. The zero-order chi connectivity index (χ0) is 31.3. The van der Waals surface area contributed by atoms with Crippen LogP contribution in [0.4, 0.5) is 11.4 Å². The Hall–Kier alpha value is -3.55. The first-order valence-electron chi connectivity index (χ1n) is 15.6. The van der Waals surface area contributed by atoms with Crippen LogP contribution in [-0.2, 0) is 0 Å². The maximum Gasteiger partial charge on any atom is 0.255 e. The quantitative estimate of drug-likeness (QED) is 0.187. The highest BCUT2D eigenvalue weighted by molar-refractivity contribution is 6.31. The first kappa shape index (κ1) is 33.3. The summed E-state index contributed by atoms with van der Waals surface area (Å²) in [5.74, 6) is 0.564. The Kier molecular flexibility index (Phi) is 12.9. The molecule has 0 aliphatic heterocycles. The molecule has 5 N–H and O–H groups in total. The summed E-state index contributed by atoms with van der Waals surface area (Å²) in [6, 6.07) is 18.8. The van der Waals surface area contributed by atoms with Gasteiger partial charge in [-0.3, -0.25) is 14.4 Å². The molecule has 3 aromatic rings. The zero-order valence-corrected chi connectivity index (χ0v) is 26.6. The van der Waals surface area contributed by atoms with Crippen LogP contribution in [0.5, 0.6) is 0 Å². The first-order valence-corrected chi connectivity index (χ1v) is 16.3. The summed E-state index contributed by atoms with van der Waals surface area (Å²) >= 11 is 11.9. The summed E-state index contributed by atoms with van der Waals surface area (Å²) in [4.78, 5) is 37.1. The second-order valence-electron chi connectivity index (χ2n) is 11.7. The Balaban J connectivity index is 0.000000215. The number of nitrogens with one attached hydrogen (secondary N) is 3. The second kappa shape index (κ2) is 17.1. The molecule has 0 radical (unpaired) electrons. The van der Waals surface area contributed by atoms with Crippen LogP contribution in [0.25, 0.3) is 0 Å². The highest BCUT2D eigenvalue weighted by atomic mass is 35.5. The van der Waals surface area contributed by atoms with Crippen molar-refractivity contribution in [1.82, 2.24) is 10.6 Å². The van der Waals surface area contributed by atoms with Crippen molar-refractivity contribution in [1.29, 1.82) is 0 Å². The molecule has 0 bridgehead atoms. The smallest absolute Gasteiger partial charge is 0.255 e. The maximum atomic E-state index is 12.7. The summed E-state index contributed by atoms with van der Waals surface area (Å²) in [6.45, 7) is 1.40. The van der Waals surface area contributed by atoms with Gasteiger partial charge in [0, 0.05) is 34.4 Å². The minimum atomic E-state index is -0.255. The second-order valence-corrected chi connectivity index (χ2v) is 12.5. The number of nitrogen functional groups attached to an aromatic ring is 1. The molecule has 234 valence electrons. The van der Waals surface area contributed by atoms with Gasteiger partial charge < -0.3 is 21.7 Å². The molecular weight excluding hydrogens is 595 g/mol. The molecule has 7 nitrogen and oxygen atoms in total. The van der Waals surface area contributed by atoms with E-state index in [1.165, 1.54) is 51.4 Å². The molecule has 2 aliphatic carbocycles. The van der Waals surface area contributed by atoms with E-state index in [0.717, 1.165) is 19.4 Å². The first-order chi connectivity index (χ1) is 21.3. The fourth-order valence-corrected chi connectivity index (χ4v) is 6.11. The minimum Gasteiger partial charge on any atom is -0.398 e. The number of halogens is 2. The van der Waals surface area contributed by atoms with Gasteiger partial charge in [0.2, 0.25) is 0 Å². The van der Waals surface area contributed by atoms with Crippen molar-refractivity contribution in [2.24, 2.45) is 11.8 Å². The minimum absolute atomic E-state index is 0.124. The predicted octanol–water partition coefficient (Wildman–Crippen LogP) is 8.13. The van der Waals surface area contributed by atoms with Crippen LogP contribution in [0.2, 0.25) is 10.0 Å². The van der Waals surface area contributed by atoms with Crippen LogP contribution in [0, 0.1) is 11.8 Å². The molecule has 0 spiro atoms. The van der Waals surface area contributed by atoms with E-state index in [1.54, 1.807) is 60.7 Å². The molecule has 2 saturated carbocycles. The van der Waals surface area contributed by atoms with E-state index in [9.17, 15) is 14.4 Å². The number of amides is 3. The van der Waals surface area contributed by atoms with Crippen molar-refractivity contribution in [3.8, 4) is 0 Å². The molecule has 0 atom stereocenters. The topological polar surface area (TPSA) is 113 Å². The number of rotatable bonds is 8. The van der Waals surface area contributed by atoms with Gasteiger partial charge in [0.25, 0.3) is 17.7 Å². The average molecular weight is 638 g/mol. The lowest BCUT2D eigenvalue weighted by molar-refractivity contribution is 0.0936. The van der Waals surface area contributed by atoms with Crippen molar-refractivity contribution in [2.75, 3.05) is 24.1 Å². The molecule has 3 amide bonds. The van der Waals surface area contributed by atoms with Crippen molar-refractivity contribution in [2.45, 2.75) is 64.2 Å². The number of hydrogen-bond donors (Lipinski definition) is 4. The lowest BCUT2D eigenvalue weighted by Crippen LogP contribution is -2.31. The summed E-state index contributed by atoms with van der Waals surface area (Å²) in [7, 11) is 0. The number of carbonyl (C=O) groups excluding carboxylic acids is 3. The summed E-state index contributed by atoms with van der Waals surface area (Å²) in [5, 5.41) is 9.77. The van der Waals surface area contributed by atoms with Crippen LogP contribution in [0.1, 0.15) is 95.3 Å². The number of anilines is 2. The van der Waals surface area contributed by atoms with Gasteiger partial charge in [0.05, 0.1) is 16.8 Å². The molecule has 5 rings (SSSR count). The average Bonchev–Trinajstić information content (AvgIpc) is 3.06. The molecular formula is C35H42Cl2N4O3. The molecule has 2 aliphatic rings. The van der Waals surface area contributed by atoms with Gasteiger partial charge in [-0.2, -0.15) is 0 Å². The Morgan fingerprint density at radius 2 is 1.14 bits per heavy atom. The number of hydrogen-bond acceptors (Lipinski definition) is 4. The normalized spacial score (nSPS) is 15.4. The van der Waals surface area contributed by atoms with E-state index in [-0.39, 0.29) is 17.7 Å². The Morgan fingerprint density at radius 3 is 1.70 bits per heavy atom. The highest BCUT2D eigenvalue weighted by Crippen LogP contribution is 2.25. The van der Waals surface area contributed by atoms with E-state index >= 15 is 0 Å². The van der Waals surface area contributed by atoms with E-state index in [0.29, 0.717) is 56.5 Å². The zero-order valence-electron chi connectivity index (χ0n) is 25.0. The van der Waals surface area contributed by atoms with Gasteiger partial charge in [-0.15, -0.1) is 0 Å².